The van der Waals surface area contributed by atoms with Crippen molar-refractivity contribution < 1.29 is 9.90 Å². The van der Waals surface area contributed by atoms with Crippen molar-refractivity contribution in [3.8, 4) is 0 Å². The Morgan fingerprint density at radius 1 is 1.35 bits per heavy atom. The van der Waals surface area contributed by atoms with Gasteiger partial charge in [-0.05, 0) is 24.1 Å². The highest BCUT2D eigenvalue weighted by Gasteiger charge is 2.14. The largest absolute Gasteiger partial charge is 0.481 e. The van der Waals surface area contributed by atoms with Gasteiger partial charge in [-0.3, -0.25) is 4.79 Å². The van der Waals surface area contributed by atoms with Crippen LogP contribution in [0.4, 0.5) is 0 Å². The van der Waals surface area contributed by atoms with Crippen molar-refractivity contribution >= 4 is 17.6 Å². The van der Waals surface area contributed by atoms with Gasteiger partial charge in [0.05, 0.1) is 6.42 Å². The van der Waals surface area contributed by atoms with Crippen LogP contribution >= 0.6 is 11.6 Å². The Morgan fingerprint density at radius 2 is 1.94 bits per heavy atom. The van der Waals surface area contributed by atoms with Gasteiger partial charge in [-0.25, -0.2) is 0 Å². The lowest BCUT2D eigenvalue weighted by Crippen LogP contribution is -2.38. The second kappa shape index (κ2) is 6.62. The van der Waals surface area contributed by atoms with E-state index in [1.165, 1.54) is 0 Å². The van der Waals surface area contributed by atoms with Crippen molar-refractivity contribution in [3.05, 3.63) is 34.9 Å². The molecule has 0 bridgehead atoms. The number of benzene rings is 1. The molecule has 0 aliphatic heterocycles. The molecule has 17 heavy (non-hydrogen) atoms. The molecular formula is C13H18ClNO2. The second-order valence-corrected chi connectivity index (χ2v) is 4.88. The Labute approximate surface area is 107 Å². The van der Waals surface area contributed by atoms with Crippen LogP contribution in [0.3, 0.4) is 0 Å². The number of hydrogen-bond donors (Lipinski definition) is 2. The van der Waals surface area contributed by atoms with Crippen LogP contribution in [-0.4, -0.2) is 23.2 Å². The molecule has 0 aromatic heterocycles. The number of hydrogen-bond acceptors (Lipinski definition) is 2. The van der Waals surface area contributed by atoms with E-state index >= 15 is 0 Å². The van der Waals surface area contributed by atoms with Crippen LogP contribution in [0.1, 0.15) is 25.8 Å². The minimum atomic E-state index is -0.780. The lowest BCUT2D eigenvalue weighted by Gasteiger charge is -2.19. The summed E-state index contributed by atoms with van der Waals surface area (Å²) in [5.74, 6) is -0.780. The first-order chi connectivity index (χ1) is 7.97. The molecule has 0 radical (unpaired) electrons. The van der Waals surface area contributed by atoms with E-state index < -0.39 is 5.97 Å². The van der Waals surface area contributed by atoms with E-state index in [9.17, 15) is 4.79 Å². The highest BCUT2D eigenvalue weighted by Crippen LogP contribution is 2.12. The Bertz CT molecular complexity index is 362. The minimum Gasteiger partial charge on any atom is -0.481 e. The summed E-state index contributed by atoms with van der Waals surface area (Å²) in [6.07, 6.45) is 0.822. The topological polar surface area (TPSA) is 49.3 Å². The van der Waals surface area contributed by atoms with E-state index in [2.05, 4.69) is 5.32 Å². The normalized spacial score (nSPS) is 12.7. The molecule has 0 saturated carbocycles. The predicted molar refractivity (Wildman–Crippen MR) is 69.5 cm³/mol. The van der Waals surface area contributed by atoms with Gasteiger partial charge in [-0.1, -0.05) is 37.6 Å². The first-order valence-corrected chi connectivity index (χ1v) is 6.07. The number of halogens is 1. The van der Waals surface area contributed by atoms with Gasteiger partial charge in [0.1, 0.15) is 0 Å². The Hall–Kier alpha value is -1.06. The number of nitrogens with one attached hydrogen (secondary N) is 1. The van der Waals surface area contributed by atoms with Crippen LogP contribution in [0.15, 0.2) is 24.3 Å². The summed E-state index contributed by atoms with van der Waals surface area (Å²) in [4.78, 5) is 10.8. The van der Waals surface area contributed by atoms with E-state index in [-0.39, 0.29) is 18.5 Å². The van der Waals surface area contributed by atoms with Gasteiger partial charge in [-0.15, -0.1) is 0 Å². The summed E-state index contributed by atoms with van der Waals surface area (Å²) >= 11 is 5.81. The minimum absolute atomic E-state index is 0.0475. The lowest BCUT2D eigenvalue weighted by molar-refractivity contribution is -0.137. The molecule has 2 N–H and O–H groups in total. The van der Waals surface area contributed by atoms with Gasteiger partial charge < -0.3 is 10.4 Å². The van der Waals surface area contributed by atoms with Crippen molar-refractivity contribution in [1.82, 2.24) is 5.32 Å². The lowest BCUT2D eigenvalue weighted by atomic mass is 10.0. The number of aliphatic carboxylic acids is 1. The van der Waals surface area contributed by atoms with Gasteiger partial charge in [-0.2, -0.15) is 0 Å². The first-order valence-electron chi connectivity index (χ1n) is 5.69. The van der Waals surface area contributed by atoms with Gasteiger partial charge in [0.25, 0.3) is 0 Å². The van der Waals surface area contributed by atoms with Gasteiger partial charge in [0.15, 0.2) is 0 Å². The molecule has 1 aromatic rings. The molecule has 0 aliphatic rings. The maximum absolute atomic E-state index is 10.8. The van der Waals surface area contributed by atoms with Gasteiger partial charge in [0.2, 0.25) is 0 Å². The molecule has 1 rings (SSSR count). The molecule has 4 heteroatoms. The Morgan fingerprint density at radius 3 is 2.41 bits per heavy atom. The van der Waals surface area contributed by atoms with E-state index in [0.717, 1.165) is 5.56 Å². The van der Waals surface area contributed by atoms with Crippen LogP contribution in [0.2, 0.25) is 5.02 Å². The molecular weight excluding hydrogens is 238 g/mol. The zero-order chi connectivity index (χ0) is 12.8. The van der Waals surface area contributed by atoms with Gasteiger partial charge in [0, 0.05) is 17.1 Å². The fourth-order valence-electron chi connectivity index (χ4n) is 1.78. The molecule has 1 aromatic carbocycles. The molecule has 1 unspecified atom stereocenters. The maximum Gasteiger partial charge on any atom is 0.304 e. The number of carboxylic acids is 1. The third-order valence-electron chi connectivity index (χ3n) is 2.39. The average Bonchev–Trinajstić information content (AvgIpc) is 2.19. The SMILES string of the molecule is CC(C)NC(CC(=O)O)Cc1ccc(Cl)cc1. The van der Waals surface area contributed by atoms with Crippen molar-refractivity contribution in [3.63, 3.8) is 0 Å². The number of carbonyl (C=O) groups is 1. The molecule has 3 nitrogen and oxygen atoms in total. The zero-order valence-electron chi connectivity index (χ0n) is 10.1. The van der Waals surface area contributed by atoms with E-state index in [1.54, 1.807) is 0 Å². The molecule has 94 valence electrons. The number of carboxylic acid groups (broad SMARTS) is 1. The smallest absolute Gasteiger partial charge is 0.304 e. The summed E-state index contributed by atoms with van der Waals surface area (Å²) in [6.45, 7) is 4.02. The fourth-order valence-corrected chi connectivity index (χ4v) is 1.90. The first kappa shape index (κ1) is 14.0. The average molecular weight is 256 g/mol. The quantitative estimate of drug-likeness (QED) is 0.822. The van der Waals surface area contributed by atoms with Crippen molar-refractivity contribution in [2.45, 2.75) is 38.8 Å². The molecule has 0 spiro atoms. The monoisotopic (exact) mass is 255 g/mol. The Kier molecular flexibility index (Phi) is 5.45. The van der Waals surface area contributed by atoms with Crippen LogP contribution in [0, 0.1) is 0 Å². The zero-order valence-corrected chi connectivity index (χ0v) is 10.9. The fraction of sp³-hybridized carbons (Fsp3) is 0.462. The van der Waals surface area contributed by atoms with Crippen molar-refractivity contribution in [2.75, 3.05) is 0 Å². The predicted octanol–water partition coefficient (Wildman–Crippen LogP) is 2.72. The second-order valence-electron chi connectivity index (χ2n) is 4.45. The standard InChI is InChI=1S/C13H18ClNO2/c1-9(2)15-12(8-13(16)17)7-10-3-5-11(14)6-4-10/h3-6,9,12,15H,7-8H2,1-2H3,(H,16,17). The van der Waals surface area contributed by atoms with Crippen LogP contribution < -0.4 is 5.32 Å². The van der Waals surface area contributed by atoms with Crippen LogP contribution in [0.5, 0.6) is 0 Å². The molecule has 1 atom stereocenters. The molecule has 0 aliphatic carbocycles. The molecule has 0 heterocycles. The summed E-state index contributed by atoms with van der Waals surface area (Å²) in [5.41, 5.74) is 1.09. The van der Waals surface area contributed by atoms with E-state index in [4.69, 9.17) is 16.7 Å². The van der Waals surface area contributed by atoms with Crippen LogP contribution in [-0.2, 0) is 11.2 Å². The van der Waals surface area contributed by atoms with E-state index in [1.807, 2.05) is 38.1 Å². The highest BCUT2D eigenvalue weighted by atomic mass is 35.5. The van der Waals surface area contributed by atoms with Crippen molar-refractivity contribution in [1.29, 1.82) is 0 Å². The van der Waals surface area contributed by atoms with Crippen molar-refractivity contribution in [2.24, 2.45) is 0 Å². The Balaban J connectivity index is 2.64. The summed E-state index contributed by atoms with van der Waals surface area (Å²) in [5, 5.41) is 12.8. The summed E-state index contributed by atoms with van der Waals surface area (Å²) < 4.78 is 0. The van der Waals surface area contributed by atoms with E-state index in [0.29, 0.717) is 11.4 Å². The third-order valence-corrected chi connectivity index (χ3v) is 2.64. The number of rotatable bonds is 6. The maximum atomic E-state index is 10.8. The summed E-state index contributed by atoms with van der Waals surface area (Å²) in [6, 6.07) is 7.73. The van der Waals surface area contributed by atoms with Crippen LogP contribution in [0.25, 0.3) is 0 Å². The third kappa shape index (κ3) is 5.71. The molecule has 0 saturated heterocycles. The van der Waals surface area contributed by atoms with Gasteiger partial charge >= 0.3 is 5.97 Å². The summed E-state index contributed by atoms with van der Waals surface area (Å²) in [7, 11) is 0. The highest BCUT2D eigenvalue weighted by molar-refractivity contribution is 6.30. The molecule has 0 amide bonds. The molecule has 0 fully saturated rings.